The van der Waals surface area contributed by atoms with Crippen molar-refractivity contribution in [3.8, 4) is 5.75 Å². The fourth-order valence-electron chi connectivity index (χ4n) is 3.12. The minimum absolute atomic E-state index is 0.245. The van der Waals surface area contributed by atoms with Gasteiger partial charge in [-0.1, -0.05) is 0 Å². The van der Waals surface area contributed by atoms with Crippen LogP contribution in [0.15, 0.2) is 24.3 Å². The maximum atomic E-state index is 10.8. The van der Waals surface area contributed by atoms with Gasteiger partial charge in [-0.05, 0) is 24.3 Å². The summed E-state index contributed by atoms with van der Waals surface area (Å²) in [6.45, 7) is -1.81. The van der Waals surface area contributed by atoms with Crippen molar-refractivity contribution in [1.29, 1.82) is 0 Å². The van der Waals surface area contributed by atoms with E-state index in [-0.39, 0.29) is 5.75 Å². The minimum Gasteiger partial charge on any atom is -0.462 e. The zero-order valence-electron chi connectivity index (χ0n) is 15.3. The van der Waals surface area contributed by atoms with Crippen molar-refractivity contribution < 1.29 is 54.4 Å². The van der Waals surface area contributed by atoms with Crippen molar-refractivity contribution in [2.75, 3.05) is 19.8 Å². The van der Waals surface area contributed by atoms with Crippen LogP contribution in [0.3, 0.4) is 0 Å². The van der Waals surface area contributed by atoms with Crippen LogP contribution in [-0.2, 0) is 14.2 Å². The molecule has 2 heterocycles. The third-order valence-corrected chi connectivity index (χ3v) is 4.96. The maximum absolute atomic E-state index is 10.8. The summed E-state index contributed by atoms with van der Waals surface area (Å²) in [6.07, 6.45) is -9.47. The van der Waals surface area contributed by atoms with E-state index in [0.29, 0.717) is 11.8 Å². The summed E-state index contributed by atoms with van der Waals surface area (Å²) < 4.78 is 21.8. The van der Waals surface area contributed by atoms with Crippen LogP contribution in [0.25, 0.3) is 0 Å². The summed E-state index contributed by atoms with van der Waals surface area (Å²) in [7, 11) is 0. The number of hydrogen-bond donors (Lipinski definition) is 6. The predicted octanol–water partition coefficient (Wildman–Crippen LogP) is -2.86. The second kappa shape index (κ2) is 9.00. The monoisotopic (exact) mass is 416 g/mol. The highest BCUT2D eigenvalue weighted by molar-refractivity contribution is 5.74. The Morgan fingerprint density at radius 2 is 1.79 bits per heavy atom. The number of aliphatic hydroxyl groups excluding tert-OH is 5. The van der Waals surface area contributed by atoms with Gasteiger partial charge in [0.1, 0.15) is 42.1 Å². The van der Waals surface area contributed by atoms with Crippen LogP contribution < -0.4 is 4.74 Å². The molecule has 29 heavy (non-hydrogen) atoms. The van der Waals surface area contributed by atoms with Crippen molar-refractivity contribution in [1.82, 2.24) is 0 Å². The molecule has 1 aromatic carbocycles. The molecule has 2 fully saturated rings. The Labute approximate surface area is 165 Å². The Balaban J connectivity index is 1.79. The molecular formula is C18H24O11. The summed E-state index contributed by atoms with van der Waals surface area (Å²) in [5.41, 5.74) is -1.54. The SMILES string of the molecule is O=Cc1ccc(OC2OC(CO)C(O)C(O)C2OC2OCC(O)(CO)C2O)cc1. The molecule has 0 bridgehead atoms. The first kappa shape index (κ1) is 22.0. The second-order valence-corrected chi connectivity index (χ2v) is 7.00. The molecule has 0 saturated carbocycles. The lowest BCUT2D eigenvalue weighted by atomic mass is 9.98. The fourth-order valence-corrected chi connectivity index (χ4v) is 3.12. The third kappa shape index (κ3) is 4.43. The zero-order chi connectivity index (χ0) is 21.2. The lowest BCUT2D eigenvalue weighted by Crippen LogP contribution is -2.62. The van der Waals surface area contributed by atoms with Crippen LogP contribution in [0, 0.1) is 0 Å². The summed E-state index contributed by atoms with van der Waals surface area (Å²) in [4.78, 5) is 10.8. The molecule has 2 aliphatic rings. The predicted molar refractivity (Wildman–Crippen MR) is 92.9 cm³/mol. The fraction of sp³-hybridized carbons (Fsp3) is 0.611. The van der Waals surface area contributed by atoms with E-state index in [2.05, 4.69) is 0 Å². The first-order valence-electron chi connectivity index (χ1n) is 8.95. The Kier molecular flexibility index (Phi) is 6.83. The largest absolute Gasteiger partial charge is 0.462 e. The molecule has 0 radical (unpaired) electrons. The molecular weight excluding hydrogens is 392 g/mol. The maximum Gasteiger partial charge on any atom is 0.229 e. The number of ether oxygens (including phenoxy) is 4. The number of hydrogen-bond acceptors (Lipinski definition) is 11. The van der Waals surface area contributed by atoms with Gasteiger partial charge in [-0.3, -0.25) is 4.79 Å². The number of carbonyl (C=O) groups is 1. The quantitative estimate of drug-likeness (QED) is 0.252. The normalized spacial score (nSPS) is 40.0. The van der Waals surface area contributed by atoms with Crippen molar-refractivity contribution in [2.45, 2.75) is 48.7 Å². The van der Waals surface area contributed by atoms with Crippen LogP contribution in [0.4, 0.5) is 0 Å². The second-order valence-electron chi connectivity index (χ2n) is 7.00. The van der Waals surface area contributed by atoms with Gasteiger partial charge in [0, 0.05) is 5.56 Å². The molecule has 6 N–H and O–H groups in total. The Morgan fingerprint density at radius 3 is 2.34 bits per heavy atom. The minimum atomic E-state index is -1.95. The molecule has 11 nitrogen and oxygen atoms in total. The van der Waals surface area contributed by atoms with Crippen molar-refractivity contribution >= 4 is 6.29 Å². The van der Waals surface area contributed by atoms with Gasteiger partial charge < -0.3 is 49.6 Å². The van der Waals surface area contributed by atoms with Crippen LogP contribution in [0.1, 0.15) is 10.4 Å². The molecule has 2 saturated heterocycles. The van der Waals surface area contributed by atoms with E-state index in [9.17, 15) is 35.4 Å². The molecule has 1 aromatic rings. The molecule has 0 amide bonds. The first-order chi connectivity index (χ1) is 13.8. The molecule has 0 aliphatic carbocycles. The van der Waals surface area contributed by atoms with Gasteiger partial charge in [-0.25, -0.2) is 0 Å². The van der Waals surface area contributed by atoms with E-state index < -0.39 is 68.5 Å². The molecule has 8 atom stereocenters. The van der Waals surface area contributed by atoms with Crippen LogP contribution in [0.2, 0.25) is 0 Å². The van der Waals surface area contributed by atoms with Crippen molar-refractivity contribution in [2.24, 2.45) is 0 Å². The summed E-state index contributed by atoms with van der Waals surface area (Å²) in [5.74, 6) is 0.245. The molecule has 3 rings (SSSR count). The Bertz CT molecular complexity index is 683. The van der Waals surface area contributed by atoms with E-state index in [0.717, 1.165) is 0 Å². The van der Waals surface area contributed by atoms with Gasteiger partial charge >= 0.3 is 0 Å². The van der Waals surface area contributed by atoms with Gasteiger partial charge in [0.2, 0.25) is 6.29 Å². The van der Waals surface area contributed by atoms with E-state index >= 15 is 0 Å². The average molecular weight is 416 g/mol. The Hall–Kier alpha value is -1.67. The lowest BCUT2D eigenvalue weighted by molar-refractivity contribution is -0.318. The van der Waals surface area contributed by atoms with E-state index in [1.165, 1.54) is 24.3 Å². The van der Waals surface area contributed by atoms with Gasteiger partial charge in [0.25, 0.3) is 0 Å². The van der Waals surface area contributed by atoms with Crippen LogP contribution in [-0.4, -0.2) is 105 Å². The number of aliphatic hydroxyl groups is 6. The molecule has 0 spiro atoms. The molecule has 11 heteroatoms. The van der Waals surface area contributed by atoms with Gasteiger partial charge in [0.05, 0.1) is 19.8 Å². The zero-order valence-corrected chi connectivity index (χ0v) is 15.3. The lowest BCUT2D eigenvalue weighted by Gasteiger charge is -2.42. The number of rotatable bonds is 7. The highest BCUT2D eigenvalue weighted by atomic mass is 16.8. The topological polar surface area (TPSA) is 175 Å². The molecule has 162 valence electrons. The Morgan fingerprint density at radius 1 is 1.10 bits per heavy atom. The molecule has 0 aromatic heterocycles. The van der Waals surface area contributed by atoms with Crippen LogP contribution in [0.5, 0.6) is 5.75 Å². The van der Waals surface area contributed by atoms with Crippen molar-refractivity contribution in [3.63, 3.8) is 0 Å². The first-order valence-corrected chi connectivity index (χ1v) is 8.95. The summed E-state index contributed by atoms with van der Waals surface area (Å²) >= 11 is 0. The average Bonchev–Trinajstić information content (AvgIpc) is 3.02. The summed E-state index contributed by atoms with van der Waals surface area (Å²) in [6, 6.07) is 5.92. The molecule has 8 unspecified atom stereocenters. The third-order valence-electron chi connectivity index (χ3n) is 4.96. The number of benzene rings is 1. The van der Waals surface area contributed by atoms with E-state index in [1.807, 2.05) is 0 Å². The smallest absolute Gasteiger partial charge is 0.229 e. The van der Waals surface area contributed by atoms with Gasteiger partial charge in [-0.2, -0.15) is 0 Å². The van der Waals surface area contributed by atoms with E-state index in [1.54, 1.807) is 0 Å². The van der Waals surface area contributed by atoms with E-state index in [4.69, 9.17) is 18.9 Å². The van der Waals surface area contributed by atoms with Crippen LogP contribution >= 0.6 is 0 Å². The van der Waals surface area contributed by atoms with Crippen molar-refractivity contribution in [3.05, 3.63) is 29.8 Å². The molecule has 2 aliphatic heterocycles. The number of aldehydes is 1. The standard InChI is InChI=1S/C18H24O11/c19-5-9-1-3-10(4-2-9)27-16-14(13(23)12(22)11(6-20)28-16)29-17-15(24)18(25,7-21)8-26-17/h1-5,11-17,20-25H,6-8H2. The summed E-state index contributed by atoms with van der Waals surface area (Å²) in [5, 5.41) is 59.5. The van der Waals surface area contributed by atoms with Gasteiger partial charge in [-0.15, -0.1) is 0 Å². The highest BCUT2D eigenvalue weighted by Crippen LogP contribution is 2.31. The van der Waals surface area contributed by atoms with Gasteiger partial charge in [0.15, 0.2) is 12.4 Å². The highest BCUT2D eigenvalue weighted by Gasteiger charge is 2.53. The number of carbonyl (C=O) groups excluding carboxylic acids is 1.